The molecule has 0 spiro atoms. The number of hydrogen-bond donors (Lipinski definition) is 1. The van der Waals surface area contributed by atoms with Gasteiger partial charge in [-0.2, -0.15) is 10.4 Å². The van der Waals surface area contributed by atoms with E-state index in [1.807, 2.05) is 12.1 Å². The Hall–Kier alpha value is -2.61. The van der Waals surface area contributed by atoms with Gasteiger partial charge in [0.15, 0.2) is 0 Å². The second kappa shape index (κ2) is 4.72. The van der Waals surface area contributed by atoms with E-state index in [1.54, 1.807) is 36.0 Å². The topological polar surface area (TPSA) is 78.9 Å². The number of carboxylic acid groups (broad SMARTS) is 1. The Morgan fingerprint density at radius 2 is 2.33 bits per heavy atom. The van der Waals surface area contributed by atoms with Crippen LogP contribution in [0.4, 0.5) is 0 Å². The van der Waals surface area contributed by atoms with Crippen LogP contribution in [0.5, 0.6) is 0 Å². The first-order valence-corrected chi connectivity index (χ1v) is 5.39. The number of nitrogens with zero attached hydrogens (tertiary/aromatic N) is 3. The lowest BCUT2D eigenvalue weighted by Crippen LogP contribution is -2.06. The molecule has 2 aromatic rings. The lowest BCUT2D eigenvalue weighted by molar-refractivity contribution is -0.138. The van der Waals surface area contributed by atoms with Crippen molar-refractivity contribution in [2.45, 2.75) is 12.8 Å². The minimum absolute atomic E-state index is 0.538. The molecule has 1 unspecified atom stereocenters. The minimum atomic E-state index is -0.889. The van der Waals surface area contributed by atoms with Crippen LogP contribution in [0.3, 0.4) is 0 Å². The minimum Gasteiger partial charge on any atom is -0.481 e. The summed E-state index contributed by atoms with van der Waals surface area (Å²) in [4.78, 5) is 10.9. The fraction of sp³-hybridized carbons (Fsp3) is 0.154. The molecule has 5 heteroatoms. The van der Waals surface area contributed by atoms with Crippen molar-refractivity contribution in [3.8, 4) is 11.8 Å². The quantitative estimate of drug-likeness (QED) is 0.890. The highest BCUT2D eigenvalue weighted by Crippen LogP contribution is 2.17. The Morgan fingerprint density at radius 1 is 1.56 bits per heavy atom. The van der Waals surface area contributed by atoms with E-state index in [4.69, 9.17) is 10.4 Å². The standard InChI is InChI=1S/C13H11N3O2/c1-9(13(17)18)11-7-15-16(8-11)12-4-2-3-10(5-12)6-14/h2-5,7-9H,1H3,(H,17,18). The van der Waals surface area contributed by atoms with Crippen LogP contribution in [0.2, 0.25) is 0 Å². The van der Waals surface area contributed by atoms with Gasteiger partial charge < -0.3 is 5.11 Å². The summed E-state index contributed by atoms with van der Waals surface area (Å²) in [6, 6.07) is 9.02. The average Bonchev–Trinajstić information content (AvgIpc) is 2.87. The van der Waals surface area contributed by atoms with E-state index in [0.717, 1.165) is 5.69 Å². The fourth-order valence-corrected chi connectivity index (χ4v) is 1.56. The number of benzene rings is 1. The second-order valence-corrected chi connectivity index (χ2v) is 3.94. The van der Waals surface area contributed by atoms with Gasteiger partial charge in [0.2, 0.25) is 0 Å². The van der Waals surface area contributed by atoms with Gasteiger partial charge in [-0.1, -0.05) is 6.07 Å². The van der Waals surface area contributed by atoms with Gasteiger partial charge in [-0.05, 0) is 25.1 Å². The van der Waals surface area contributed by atoms with Crippen molar-refractivity contribution in [3.05, 3.63) is 47.8 Å². The maximum absolute atomic E-state index is 10.9. The van der Waals surface area contributed by atoms with E-state index >= 15 is 0 Å². The SMILES string of the molecule is CC(C(=O)O)c1cnn(-c2cccc(C#N)c2)c1. The van der Waals surface area contributed by atoms with Crippen LogP contribution in [-0.2, 0) is 4.79 Å². The fourth-order valence-electron chi connectivity index (χ4n) is 1.56. The molecular formula is C13H11N3O2. The van der Waals surface area contributed by atoms with Gasteiger partial charge in [0.1, 0.15) is 0 Å². The Kier molecular flexibility index (Phi) is 3.11. The van der Waals surface area contributed by atoms with Crippen molar-refractivity contribution < 1.29 is 9.90 Å². The lowest BCUT2D eigenvalue weighted by Gasteiger charge is -2.02. The number of carboxylic acids is 1. The Morgan fingerprint density at radius 3 is 3.00 bits per heavy atom. The Balaban J connectivity index is 2.35. The molecule has 0 aliphatic rings. The first-order valence-electron chi connectivity index (χ1n) is 5.39. The summed E-state index contributed by atoms with van der Waals surface area (Å²) >= 11 is 0. The maximum Gasteiger partial charge on any atom is 0.310 e. The molecule has 0 saturated carbocycles. The number of nitriles is 1. The summed E-state index contributed by atoms with van der Waals surface area (Å²) in [6.45, 7) is 1.61. The molecule has 0 bridgehead atoms. The van der Waals surface area contributed by atoms with Gasteiger partial charge in [-0.3, -0.25) is 4.79 Å². The van der Waals surface area contributed by atoms with Crippen molar-refractivity contribution in [1.29, 1.82) is 5.26 Å². The third kappa shape index (κ3) is 2.23. The molecule has 1 heterocycles. The maximum atomic E-state index is 10.9. The van der Waals surface area contributed by atoms with Crippen molar-refractivity contribution in [1.82, 2.24) is 9.78 Å². The summed E-state index contributed by atoms with van der Waals surface area (Å²) in [7, 11) is 0. The molecule has 90 valence electrons. The molecule has 0 aliphatic heterocycles. The van der Waals surface area contributed by atoms with Crippen LogP contribution < -0.4 is 0 Å². The number of aromatic nitrogens is 2. The van der Waals surface area contributed by atoms with Crippen LogP contribution in [0.25, 0.3) is 5.69 Å². The monoisotopic (exact) mass is 241 g/mol. The molecule has 0 fully saturated rings. The predicted molar refractivity (Wildman–Crippen MR) is 64.3 cm³/mol. The molecule has 1 N–H and O–H groups in total. The van der Waals surface area contributed by atoms with Crippen LogP contribution >= 0.6 is 0 Å². The van der Waals surface area contributed by atoms with Gasteiger partial charge in [0, 0.05) is 11.8 Å². The molecule has 18 heavy (non-hydrogen) atoms. The molecule has 0 saturated heterocycles. The molecule has 1 aromatic carbocycles. The summed E-state index contributed by atoms with van der Waals surface area (Å²) < 4.78 is 1.57. The smallest absolute Gasteiger partial charge is 0.310 e. The first-order chi connectivity index (χ1) is 8.61. The van der Waals surface area contributed by atoms with E-state index in [2.05, 4.69) is 5.10 Å². The average molecular weight is 241 g/mol. The number of hydrogen-bond acceptors (Lipinski definition) is 3. The zero-order valence-corrected chi connectivity index (χ0v) is 9.74. The van der Waals surface area contributed by atoms with Crippen LogP contribution in [0, 0.1) is 11.3 Å². The third-order valence-corrected chi connectivity index (χ3v) is 2.71. The summed E-state index contributed by atoms with van der Waals surface area (Å²) in [5, 5.41) is 21.8. The first kappa shape index (κ1) is 11.9. The molecule has 2 rings (SSSR count). The molecule has 0 amide bonds. The summed E-state index contributed by atoms with van der Waals surface area (Å²) in [5.74, 6) is -1.49. The molecule has 1 aromatic heterocycles. The van der Waals surface area contributed by atoms with Gasteiger partial charge in [-0.25, -0.2) is 4.68 Å². The van der Waals surface area contributed by atoms with E-state index < -0.39 is 11.9 Å². The second-order valence-electron chi connectivity index (χ2n) is 3.94. The van der Waals surface area contributed by atoms with Crippen molar-refractivity contribution in [2.24, 2.45) is 0 Å². The van der Waals surface area contributed by atoms with Crippen LogP contribution in [0.15, 0.2) is 36.7 Å². The van der Waals surface area contributed by atoms with Crippen molar-refractivity contribution >= 4 is 5.97 Å². The molecule has 5 nitrogen and oxygen atoms in total. The van der Waals surface area contributed by atoms with Gasteiger partial charge in [0.05, 0.1) is 29.4 Å². The highest BCUT2D eigenvalue weighted by atomic mass is 16.4. The Bertz CT molecular complexity index is 625. The zero-order chi connectivity index (χ0) is 13.1. The highest BCUT2D eigenvalue weighted by Gasteiger charge is 2.15. The largest absolute Gasteiger partial charge is 0.481 e. The van der Waals surface area contributed by atoms with E-state index in [1.165, 1.54) is 6.20 Å². The Labute approximate surface area is 104 Å². The van der Waals surface area contributed by atoms with Crippen LogP contribution in [0.1, 0.15) is 24.0 Å². The highest BCUT2D eigenvalue weighted by molar-refractivity contribution is 5.75. The molecular weight excluding hydrogens is 230 g/mol. The van der Waals surface area contributed by atoms with E-state index in [-0.39, 0.29) is 0 Å². The lowest BCUT2D eigenvalue weighted by atomic mass is 10.1. The third-order valence-electron chi connectivity index (χ3n) is 2.71. The number of aliphatic carboxylic acids is 1. The van der Waals surface area contributed by atoms with Crippen molar-refractivity contribution in [2.75, 3.05) is 0 Å². The van der Waals surface area contributed by atoms with Gasteiger partial charge in [0.25, 0.3) is 0 Å². The zero-order valence-electron chi connectivity index (χ0n) is 9.74. The number of rotatable bonds is 3. The van der Waals surface area contributed by atoms with E-state index in [0.29, 0.717) is 11.1 Å². The molecule has 0 radical (unpaired) electrons. The molecule has 0 aliphatic carbocycles. The summed E-state index contributed by atoms with van der Waals surface area (Å²) in [6.07, 6.45) is 3.19. The van der Waals surface area contributed by atoms with Gasteiger partial charge in [-0.15, -0.1) is 0 Å². The molecule has 1 atom stereocenters. The summed E-state index contributed by atoms with van der Waals surface area (Å²) in [5.41, 5.74) is 1.90. The van der Waals surface area contributed by atoms with Crippen LogP contribution in [-0.4, -0.2) is 20.9 Å². The van der Waals surface area contributed by atoms with Crippen molar-refractivity contribution in [3.63, 3.8) is 0 Å². The number of carbonyl (C=O) groups is 1. The van der Waals surface area contributed by atoms with Gasteiger partial charge >= 0.3 is 5.97 Å². The normalized spacial score (nSPS) is 11.8. The predicted octanol–water partition coefficient (Wildman–Crippen LogP) is 1.93. The van der Waals surface area contributed by atoms with E-state index in [9.17, 15) is 4.79 Å².